The van der Waals surface area contributed by atoms with Crippen LogP contribution in [0.25, 0.3) is 0 Å². The van der Waals surface area contributed by atoms with Gasteiger partial charge < -0.3 is 10.1 Å². The van der Waals surface area contributed by atoms with E-state index in [9.17, 15) is 18.0 Å². The van der Waals surface area contributed by atoms with Crippen molar-refractivity contribution in [2.75, 3.05) is 12.4 Å². The Bertz CT molecular complexity index is 701. The van der Waals surface area contributed by atoms with E-state index in [0.717, 1.165) is 18.2 Å². The zero-order valence-electron chi connectivity index (χ0n) is 11.4. The molecule has 116 valence electrons. The number of nitrogens with one attached hydrogen (secondary N) is 1. The van der Waals surface area contributed by atoms with Gasteiger partial charge in [0.1, 0.15) is 5.75 Å². The van der Waals surface area contributed by atoms with Gasteiger partial charge >= 0.3 is 6.18 Å². The van der Waals surface area contributed by atoms with Gasteiger partial charge in [-0.25, -0.2) is 0 Å². The van der Waals surface area contributed by atoms with Gasteiger partial charge in [0.2, 0.25) is 0 Å². The van der Waals surface area contributed by atoms with Gasteiger partial charge in [-0.1, -0.05) is 23.7 Å². The quantitative estimate of drug-likeness (QED) is 0.892. The van der Waals surface area contributed by atoms with Crippen molar-refractivity contribution in [1.82, 2.24) is 0 Å². The Morgan fingerprint density at radius 1 is 1.18 bits per heavy atom. The molecule has 22 heavy (non-hydrogen) atoms. The van der Waals surface area contributed by atoms with Crippen molar-refractivity contribution in [3.05, 3.63) is 58.6 Å². The molecule has 1 N–H and O–H groups in total. The molecule has 0 saturated heterocycles. The molecule has 0 aromatic heterocycles. The van der Waals surface area contributed by atoms with Gasteiger partial charge in [-0.15, -0.1) is 0 Å². The smallest absolute Gasteiger partial charge is 0.416 e. The maximum absolute atomic E-state index is 12.7. The standard InChI is InChI=1S/C15H11ClF3NO2/c1-22-13-5-3-2-4-10(13)14(21)20-12-8-9(15(17,18)19)6-7-11(12)16/h2-8H,1H3,(H,20,21). The molecule has 0 fully saturated rings. The largest absolute Gasteiger partial charge is 0.496 e. The summed E-state index contributed by atoms with van der Waals surface area (Å²) < 4.78 is 43.1. The first-order valence-corrected chi connectivity index (χ1v) is 6.52. The van der Waals surface area contributed by atoms with E-state index in [-0.39, 0.29) is 16.3 Å². The molecule has 3 nitrogen and oxygen atoms in total. The highest BCUT2D eigenvalue weighted by Gasteiger charge is 2.31. The third kappa shape index (κ3) is 3.51. The number of ether oxygens (including phenoxy) is 1. The molecule has 0 saturated carbocycles. The van der Waals surface area contributed by atoms with E-state index >= 15 is 0 Å². The summed E-state index contributed by atoms with van der Waals surface area (Å²) in [6, 6.07) is 9.08. The van der Waals surface area contributed by atoms with Crippen LogP contribution in [0.4, 0.5) is 18.9 Å². The van der Waals surface area contributed by atoms with Crippen LogP contribution >= 0.6 is 11.6 Å². The van der Waals surface area contributed by atoms with Gasteiger partial charge in [-0.05, 0) is 30.3 Å². The number of carbonyl (C=O) groups is 1. The number of para-hydroxylation sites is 1. The molecule has 7 heteroatoms. The molecule has 0 radical (unpaired) electrons. The van der Waals surface area contributed by atoms with Crippen molar-refractivity contribution in [1.29, 1.82) is 0 Å². The predicted molar refractivity (Wildman–Crippen MR) is 77.4 cm³/mol. The molecule has 1 amide bonds. The van der Waals surface area contributed by atoms with Gasteiger partial charge in [-0.2, -0.15) is 13.2 Å². The molecule has 0 heterocycles. The minimum Gasteiger partial charge on any atom is -0.496 e. The number of halogens is 4. The number of methoxy groups -OCH3 is 1. The van der Waals surface area contributed by atoms with Crippen molar-refractivity contribution in [3.63, 3.8) is 0 Å². The molecule has 0 aliphatic rings. The van der Waals surface area contributed by atoms with E-state index in [1.165, 1.54) is 13.2 Å². The minimum absolute atomic E-state index is 0.0104. The lowest BCUT2D eigenvalue weighted by Gasteiger charge is -2.13. The predicted octanol–water partition coefficient (Wildman–Crippen LogP) is 4.62. The second kappa shape index (κ2) is 6.27. The molecule has 0 bridgehead atoms. The summed E-state index contributed by atoms with van der Waals surface area (Å²) in [7, 11) is 1.39. The summed E-state index contributed by atoms with van der Waals surface area (Å²) in [5.41, 5.74) is -0.821. The number of hydrogen-bond acceptors (Lipinski definition) is 2. The number of hydrogen-bond donors (Lipinski definition) is 1. The van der Waals surface area contributed by atoms with Gasteiger partial charge in [-0.3, -0.25) is 4.79 Å². The minimum atomic E-state index is -4.52. The molecular formula is C15H11ClF3NO2. The normalized spacial score (nSPS) is 11.1. The first-order chi connectivity index (χ1) is 10.3. The van der Waals surface area contributed by atoms with E-state index in [1.807, 2.05) is 0 Å². The van der Waals surface area contributed by atoms with E-state index in [4.69, 9.17) is 16.3 Å². The summed E-state index contributed by atoms with van der Waals surface area (Å²) in [6.45, 7) is 0. The van der Waals surface area contributed by atoms with Gasteiger partial charge in [0.25, 0.3) is 5.91 Å². The molecule has 0 aliphatic carbocycles. The summed E-state index contributed by atoms with van der Waals surface area (Å²) in [4.78, 5) is 12.2. The monoisotopic (exact) mass is 329 g/mol. The van der Waals surface area contributed by atoms with E-state index in [0.29, 0.717) is 5.75 Å². The second-order valence-electron chi connectivity index (χ2n) is 4.35. The van der Waals surface area contributed by atoms with E-state index in [1.54, 1.807) is 18.2 Å². The Morgan fingerprint density at radius 3 is 2.50 bits per heavy atom. The Balaban J connectivity index is 2.32. The van der Waals surface area contributed by atoms with E-state index < -0.39 is 17.6 Å². The van der Waals surface area contributed by atoms with Crippen LogP contribution < -0.4 is 10.1 Å². The number of amides is 1. The molecule has 0 aliphatic heterocycles. The topological polar surface area (TPSA) is 38.3 Å². The van der Waals surface area contributed by atoms with Crippen LogP contribution in [0.15, 0.2) is 42.5 Å². The van der Waals surface area contributed by atoms with Crippen molar-refractivity contribution < 1.29 is 22.7 Å². The Hall–Kier alpha value is -2.21. The van der Waals surface area contributed by atoms with Gasteiger partial charge in [0.15, 0.2) is 0 Å². The fraction of sp³-hybridized carbons (Fsp3) is 0.133. The maximum atomic E-state index is 12.7. The van der Waals surface area contributed by atoms with Crippen LogP contribution in [0, 0.1) is 0 Å². The zero-order valence-corrected chi connectivity index (χ0v) is 12.1. The Kier molecular flexibility index (Phi) is 4.61. The molecule has 2 aromatic carbocycles. The van der Waals surface area contributed by atoms with Crippen molar-refractivity contribution in [2.45, 2.75) is 6.18 Å². The molecule has 0 spiro atoms. The number of carbonyl (C=O) groups excluding carboxylic acids is 1. The number of anilines is 1. The Labute approximate surface area is 129 Å². The lowest BCUT2D eigenvalue weighted by Crippen LogP contribution is -2.14. The lowest BCUT2D eigenvalue weighted by molar-refractivity contribution is -0.137. The highest BCUT2D eigenvalue weighted by molar-refractivity contribution is 6.34. The van der Waals surface area contributed by atoms with Crippen LogP contribution in [0.2, 0.25) is 5.02 Å². The lowest BCUT2D eigenvalue weighted by atomic mass is 10.1. The summed E-state index contributed by atoms with van der Waals surface area (Å²) in [6.07, 6.45) is -4.52. The van der Waals surface area contributed by atoms with Crippen molar-refractivity contribution >= 4 is 23.2 Å². The summed E-state index contributed by atoms with van der Waals surface area (Å²) in [5, 5.41) is 2.37. The number of rotatable bonds is 3. The van der Waals surface area contributed by atoms with E-state index in [2.05, 4.69) is 5.32 Å². The van der Waals surface area contributed by atoms with Gasteiger partial charge in [0.05, 0.1) is 28.9 Å². The summed E-state index contributed by atoms with van der Waals surface area (Å²) >= 11 is 5.84. The molecule has 2 aromatic rings. The third-order valence-electron chi connectivity index (χ3n) is 2.89. The number of benzene rings is 2. The SMILES string of the molecule is COc1ccccc1C(=O)Nc1cc(C(F)(F)F)ccc1Cl. The zero-order chi connectivity index (χ0) is 16.3. The van der Waals surface area contributed by atoms with Crippen molar-refractivity contribution in [3.8, 4) is 5.75 Å². The molecule has 0 unspecified atom stereocenters. The highest BCUT2D eigenvalue weighted by Crippen LogP contribution is 2.34. The average molecular weight is 330 g/mol. The van der Waals surface area contributed by atoms with Crippen LogP contribution in [0.3, 0.4) is 0 Å². The van der Waals surface area contributed by atoms with Crippen molar-refractivity contribution in [2.24, 2.45) is 0 Å². The third-order valence-corrected chi connectivity index (χ3v) is 3.22. The molecule has 2 rings (SSSR count). The summed E-state index contributed by atoms with van der Waals surface area (Å²) in [5.74, 6) is -0.304. The second-order valence-corrected chi connectivity index (χ2v) is 4.75. The fourth-order valence-electron chi connectivity index (χ4n) is 1.82. The van der Waals surface area contributed by atoms with Gasteiger partial charge in [0, 0.05) is 0 Å². The first-order valence-electron chi connectivity index (χ1n) is 6.14. The molecule has 0 atom stereocenters. The molecular weight excluding hydrogens is 319 g/mol. The maximum Gasteiger partial charge on any atom is 0.416 e. The van der Waals surface area contributed by atoms with Crippen LogP contribution in [0.5, 0.6) is 5.75 Å². The first kappa shape index (κ1) is 16.2. The highest BCUT2D eigenvalue weighted by atomic mass is 35.5. The Morgan fingerprint density at radius 2 is 1.86 bits per heavy atom. The van der Waals surface area contributed by atoms with Crippen LogP contribution in [0.1, 0.15) is 15.9 Å². The average Bonchev–Trinajstić information content (AvgIpc) is 2.48. The van der Waals surface area contributed by atoms with Crippen LogP contribution in [-0.4, -0.2) is 13.0 Å². The number of alkyl halides is 3. The fourth-order valence-corrected chi connectivity index (χ4v) is 1.98. The van der Waals surface area contributed by atoms with Crippen LogP contribution in [-0.2, 0) is 6.18 Å².